The molecule has 0 bridgehead atoms. The van der Waals surface area contributed by atoms with Crippen LogP contribution in [0.5, 0.6) is 0 Å². The second kappa shape index (κ2) is 14.1. The van der Waals surface area contributed by atoms with E-state index in [4.69, 9.17) is 0 Å². The molecule has 2 heterocycles. The number of amides is 6. The monoisotopic (exact) mass is 644 g/mol. The van der Waals surface area contributed by atoms with E-state index in [1.165, 1.54) is 13.0 Å². The lowest BCUT2D eigenvalue weighted by Gasteiger charge is -2.41. The van der Waals surface area contributed by atoms with Gasteiger partial charge in [0.2, 0.25) is 23.5 Å². The van der Waals surface area contributed by atoms with Gasteiger partial charge in [0.15, 0.2) is 0 Å². The number of nitrogens with zero attached hydrogens (tertiary/aromatic N) is 2. The van der Waals surface area contributed by atoms with Crippen LogP contribution in [0.25, 0.3) is 0 Å². The Morgan fingerprint density at radius 1 is 0.978 bits per heavy atom. The van der Waals surface area contributed by atoms with E-state index in [-0.39, 0.29) is 47.1 Å². The molecule has 3 unspecified atom stereocenters. The van der Waals surface area contributed by atoms with Crippen LogP contribution in [0.1, 0.15) is 88.0 Å². The van der Waals surface area contributed by atoms with Crippen molar-refractivity contribution in [2.45, 2.75) is 112 Å². The van der Waals surface area contributed by atoms with E-state index < -0.39 is 47.2 Å². The highest BCUT2D eigenvalue weighted by molar-refractivity contribution is 6.38. The van der Waals surface area contributed by atoms with Crippen molar-refractivity contribution in [2.75, 3.05) is 26.2 Å². The quantitative estimate of drug-likeness (QED) is 0.200. The fourth-order valence-corrected chi connectivity index (χ4v) is 6.90. The maximum Gasteiger partial charge on any atom is 0.315 e. The predicted molar refractivity (Wildman–Crippen MR) is 175 cm³/mol. The van der Waals surface area contributed by atoms with Crippen LogP contribution in [0.2, 0.25) is 0 Å². The number of hydrogen-bond acceptors (Lipinski definition) is 6. The van der Waals surface area contributed by atoms with Crippen molar-refractivity contribution in [3.8, 4) is 0 Å². The maximum absolute atomic E-state index is 14.4. The number of piperidine rings is 2. The van der Waals surface area contributed by atoms with E-state index in [0.29, 0.717) is 32.5 Å². The van der Waals surface area contributed by atoms with E-state index in [9.17, 15) is 28.8 Å². The zero-order chi connectivity index (χ0) is 34.8. The van der Waals surface area contributed by atoms with Gasteiger partial charge in [-0.05, 0) is 54.3 Å². The van der Waals surface area contributed by atoms with Gasteiger partial charge in [-0.2, -0.15) is 0 Å². The van der Waals surface area contributed by atoms with Gasteiger partial charge in [0.05, 0.1) is 12.1 Å². The summed E-state index contributed by atoms with van der Waals surface area (Å²) in [6.07, 6.45) is 4.46. The van der Waals surface area contributed by atoms with Gasteiger partial charge in [-0.3, -0.25) is 24.0 Å². The Morgan fingerprint density at radius 3 is 2.20 bits per heavy atom. The molecule has 6 amide bonds. The van der Waals surface area contributed by atoms with Crippen molar-refractivity contribution in [1.82, 2.24) is 31.1 Å². The molecule has 3 rings (SSSR count). The second-order valence-corrected chi connectivity index (χ2v) is 15.9. The Hall–Kier alpha value is -3.44. The topological polar surface area (TPSA) is 157 Å². The molecular weight excluding hydrogens is 588 g/mol. The number of carbonyl (C=O) groups is 6. The minimum absolute atomic E-state index is 0.0783. The molecule has 3 fully saturated rings. The van der Waals surface area contributed by atoms with Gasteiger partial charge in [0.1, 0.15) is 12.1 Å². The van der Waals surface area contributed by atoms with Gasteiger partial charge in [-0.1, -0.05) is 61.5 Å². The van der Waals surface area contributed by atoms with Crippen molar-refractivity contribution in [2.24, 2.45) is 28.1 Å². The maximum atomic E-state index is 14.4. The van der Waals surface area contributed by atoms with Crippen LogP contribution >= 0.6 is 0 Å². The van der Waals surface area contributed by atoms with Gasteiger partial charge < -0.3 is 31.1 Å². The summed E-state index contributed by atoms with van der Waals surface area (Å²) in [4.78, 5) is 82.5. The highest BCUT2D eigenvalue weighted by Gasteiger charge is 2.66. The Bertz CT molecular complexity index is 1220. The zero-order valence-electron chi connectivity index (χ0n) is 29.2. The molecule has 0 aromatic carbocycles. The fourth-order valence-electron chi connectivity index (χ4n) is 6.90. The number of hydrogen-bond donors (Lipinski definition) is 4. The van der Waals surface area contributed by atoms with Crippen LogP contribution in [0.4, 0.5) is 4.79 Å². The number of urea groups is 1. The highest BCUT2D eigenvalue weighted by Crippen LogP contribution is 2.64. The summed E-state index contributed by atoms with van der Waals surface area (Å²) in [6, 6.07) is -3.82. The van der Waals surface area contributed by atoms with Gasteiger partial charge in [0.25, 0.3) is 5.91 Å². The van der Waals surface area contributed by atoms with Crippen LogP contribution in [0.3, 0.4) is 0 Å². The van der Waals surface area contributed by atoms with Crippen LogP contribution < -0.4 is 21.3 Å². The van der Waals surface area contributed by atoms with Crippen molar-refractivity contribution in [3.63, 3.8) is 0 Å². The molecular formula is C34H56N6O6. The molecule has 2 saturated heterocycles. The summed E-state index contributed by atoms with van der Waals surface area (Å²) < 4.78 is 0. The molecule has 12 nitrogen and oxygen atoms in total. The molecule has 258 valence electrons. The average Bonchev–Trinajstić information content (AvgIpc) is 3.52. The van der Waals surface area contributed by atoms with Crippen molar-refractivity contribution in [3.05, 3.63) is 12.7 Å². The lowest BCUT2D eigenvalue weighted by molar-refractivity contribution is -0.147. The number of likely N-dealkylation sites (tertiary alicyclic amines) is 2. The number of fused-ring (bicyclic) bond motifs is 1. The van der Waals surface area contributed by atoms with Crippen molar-refractivity contribution in [1.29, 1.82) is 0 Å². The number of ketones is 1. The molecule has 0 spiro atoms. The number of carbonyl (C=O) groups excluding carboxylic acids is 6. The number of nitrogens with one attached hydrogen (secondary N) is 4. The first kappa shape index (κ1) is 37.0. The van der Waals surface area contributed by atoms with Gasteiger partial charge >= 0.3 is 6.03 Å². The summed E-state index contributed by atoms with van der Waals surface area (Å²) >= 11 is 0. The first-order chi connectivity index (χ1) is 21.2. The van der Waals surface area contributed by atoms with E-state index in [1.807, 2.05) is 41.5 Å². The predicted octanol–water partition coefficient (Wildman–Crippen LogP) is 2.38. The summed E-state index contributed by atoms with van der Waals surface area (Å²) in [5.41, 5.74) is -1.27. The van der Waals surface area contributed by atoms with Crippen LogP contribution in [0.15, 0.2) is 12.7 Å². The molecule has 1 saturated carbocycles. The zero-order valence-corrected chi connectivity index (χ0v) is 29.2. The third kappa shape index (κ3) is 8.47. The SMILES string of the molecule is C=CCNC(=O)C(=O)C(C)NC(=O)[C@@H]1C2C(CCN1C(=O)[C@@H](NC(=O)N[C@H](CN1CCCCC1=O)C(C)(C)C)C(C)(C)C)C2(C)C. The van der Waals surface area contributed by atoms with E-state index in [0.717, 1.165) is 12.8 Å². The first-order valence-electron chi connectivity index (χ1n) is 16.6. The molecule has 2 aliphatic heterocycles. The third-order valence-corrected chi connectivity index (χ3v) is 9.99. The molecule has 4 N–H and O–H groups in total. The Labute approximate surface area is 274 Å². The van der Waals surface area contributed by atoms with Gasteiger partial charge in [-0.25, -0.2) is 4.79 Å². The largest absolute Gasteiger partial charge is 0.346 e. The lowest BCUT2D eigenvalue weighted by atomic mass is 9.84. The van der Waals surface area contributed by atoms with E-state index >= 15 is 0 Å². The van der Waals surface area contributed by atoms with E-state index in [2.05, 4.69) is 41.7 Å². The number of rotatable bonds is 11. The summed E-state index contributed by atoms with van der Waals surface area (Å²) in [5.74, 6) is -2.33. The summed E-state index contributed by atoms with van der Waals surface area (Å²) in [6.45, 7) is 22.1. The smallest absolute Gasteiger partial charge is 0.315 e. The molecule has 46 heavy (non-hydrogen) atoms. The minimum Gasteiger partial charge on any atom is -0.346 e. The van der Waals surface area contributed by atoms with E-state index in [1.54, 1.807) is 9.80 Å². The number of Topliss-reactive ketones (excluding diaryl/α,β-unsaturated/α-hetero) is 1. The fraction of sp³-hybridized carbons (Fsp3) is 0.765. The van der Waals surface area contributed by atoms with Crippen LogP contribution in [-0.4, -0.2) is 95.6 Å². The Balaban J connectivity index is 1.80. The summed E-state index contributed by atoms with van der Waals surface area (Å²) in [5, 5.41) is 11.1. The Kier molecular flexibility index (Phi) is 11.4. The average molecular weight is 645 g/mol. The van der Waals surface area contributed by atoms with Crippen LogP contribution in [-0.2, 0) is 24.0 Å². The second-order valence-electron chi connectivity index (χ2n) is 15.9. The minimum atomic E-state index is -1.10. The molecule has 12 heteroatoms. The molecule has 6 atom stereocenters. The third-order valence-electron chi connectivity index (χ3n) is 9.99. The van der Waals surface area contributed by atoms with Crippen LogP contribution in [0, 0.1) is 28.1 Å². The van der Waals surface area contributed by atoms with Gasteiger partial charge in [0, 0.05) is 32.6 Å². The Morgan fingerprint density at radius 2 is 1.63 bits per heavy atom. The van der Waals surface area contributed by atoms with Crippen molar-refractivity contribution < 1.29 is 28.8 Å². The van der Waals surface area contributed by atoms with Crippen molar-refractivity contribution >= 4 is 35.4 Å². The molecule has 0 aromatic rings. The summed E-state index contributed by atoms with van der Waals surface area (Å²) in [7, 11) is 0. The first-order valence-corrected chi connectivity index (χ1v) is 16.6. The normalized spacial score (nSPS) is 24.5. The standard InChI is InChI=1S/C34H56N6O6/c1-11-16-35-29(44)26(42)20(2)36-28(43)25-24-21(34(24,9)10)15-18-40(25)30(45)27(33(6,7)8)38-31(46)37-22(32(3,4)5)19-39-17-13-12-14-23(39)41/h11,20-22,24-25,27H,1,12-19H2,2-10H3,(H,35,44)(H,36,43)(H2,37,38,46)/t20?,21?,22-,24?,25+,27-/m1/s1. The highest BCUT2D eigenvalue weighted by atomic mass is 16.2. The molecule has 0 radical (unpaired) electrons. The molecule has 1 aliphatic carbocycles. The molecule has 0 aromatic heterocycles. The molecule has 3 aliphatic rings. The lowest BCUT2D eigenvalue weighted by Crippen LogP contribution is -2.64. The van der Waals surface area contributed by atoms with Gasteiger partial charge in [-0.15, -0.1) is 6.58 Å².